The van der Waals surface area contributed by atoms with Crippen molar-refractivity contribution in [2.24, 2.45) is 5.92 Å². The summed E-state index contributed by atoms with van der Waals surface area (Å²) in [5.41, 5.74) is -0.428. The minimum Gasteiger partial charge on any atom is -0.479 e. The lowest BCUT2D eigenvalue weighted by atomic mass is 9.79. The Morgan fingerprint density at radius 3 is 2.43 bits per heavy atom. The quantitative estimate of drug-likeness (QED) is 0.560. The second-order valence-corrected chi connectivity index (χ2v) is 4.14. The molecule has 0 aliphatic heterocycles. The van der Waals surface area contributed by atoms with Crippen LogP contribution in [0.4, 0.5) is 0 Å². The average molecular weight is 199 g/mol. The minimum atomic E-state index is -0.428. The molecular formula is C11H21NO2. The lowest BCUT2D eigenvalue weighted by Gasteiger charge is -2.37. The Bertz CT molecular complexity index is 195. The molecule has 14 heavy (non-hydrogen) atoms. The predicted molar refractivity (Wildman–Crippen MR) is 56.7 cm³/mol. The van der Waals surface area contributed by atoms with E-state index in [2.05, 4.69) is 6.92 Å². The van der Waals surface area contributed by atoms with Crippen LogP contribution in [-0.4, -0.2) is 25.2 Å². The molecule has 0 heterocycles. The van der Waals surface area contributed by atoms with Crippen molar-refractivity contribution in [1.29, 1.82) is 5.41 Å². The Labute approximate surface area is 86.3 Å². The van der Waals surface area contributed by atoms with E-state index in [0.29, 0.717) is 12.5 Å². The van der Waals surface area contributed by atoms with Crippen LogP contribution in [0.25, 0.3) is 0 Å². The van der Waals surface area contributed by atoms with Crippen LogP contribution in [0.1, 0.15) is 39.5 Å². The van der Waals surface area contributed by atoms with E-state index in [1.165, 1.54) is 0 Å². The Balaban J connectivity index is 2.62. The first-order valence-electron chi connectivity index (χ1n) is 5.41. The number of rotatable bonds is 3. The number of hydrogen-bond acceptors (Lipinski definition) is 3. The summed E-state index contributed by atoms with van der Waals surface area (Å²) in [5, 5.41) is 7.85. The van der Waals surface area contributed by atoms with E-state index in [1.54, 1.807) is 7.11 Å². The Kier molecular flexibility index (Phi) is 3.93. The molecule has 1 saturated carbocycles. The standard InChI is InChI=1S/C11H21NO2/c1-4-14-10(12)11(13-3)7-5-9(2)6-8-11/h9,12H,4-8H2,1-3H3. The van der Waals surface area contributed by atoms with Gasteiger partial charge in [0.25, 0.3) is 0 Å². The van der Waals surface area contributed by atoms with E-state index in [1.807, 2.05) is 6.92 Å². The Hall–Kier alpha value is -0.570. The molecule has 1 aliphatic rings. The summed E-state index contributed by atoms with van der Waals surface area (Å²) in [6.45, 7) is 4.72. The van der Waals surface area contributed by atoms with Crippen LogP contribution < -0.4 is 0 Å². The van der Waals surface area contributed by atoms with Gasteiger partial charge in [-0.1, -0.05) is 6.92 Å². The molecule has 0 aromatic rings. The van der Waals surface area contributed by atoms with E-state index in [4.69, 9.17) is 14.9 Å². The van der Waals surface area contributed by atoms with Crippen molar-refractivity contribution in [2.75, 3.05) is 13.7 Å². The SMILES string of the molecule is CCOC(=N)C1(OC)CCC(C)CC1. The van der Waals surface area contributed by atoms with Gasteiger partial charge in [-0.2, -0.15) is 0 Å². The molecule has 0 spiro atoms. The van der Waals surface area contributed by atoms with Gasteiger partial charge in [0, 0.05) is 7.11 Å². The van der Waals surface area contributed by atoms with Crippen LogP contribution in [0.3, 0.4) is 0 Å². The first-order valence-corrected chi connectivity index (χ1v) is 5.41. The van der Waals surface area contributed by atoms with Gasteiger partial charge >= 0.3 is 0 Å². The maximum Gasteiger partial charge on any atom is 0.213 e. The zero-order valence-electron chi connectivity index (χ0n) is 9.43. The fourth-order valence-corrected chi connectivity index (χ4v) is 2.03. The molecule has 1 N–H and O–H groups in total. The van der Waals surface area contributed by atoms with Gasteiger partial charge in [-0.05, 0) is 38.5 Å². The second kappa shape index (κ2) is 4.78. The lowest BCUT2D eigenvalue weighted by Crippen LogP contribution is -2.44. The highest BCUT2D eigenvalue weighted by Gasteiger charge is 2.39. The van der Waals surface area contributed by atoms with Crippen molar-refractivity contribution in [1.82, 2.24) is 0 Å². The Morgan fingerprint density at radius 1 is 1.43 bits per heavy atom. The van der Waals surface area contributed by atoms with E-state index in [0.717, 1.165) is 31.6 Å². The fraction of sp³-hybridized carbons (Fsp3) is 0.909. The largest absolute Gasteiger partial charge is 0.479 e. The van der Waals surface area contributed by atoms with Crippen molar-refractivity contribution in [3.05, 3.63) is 0 Å². The van der Waals surface area contributed by atoms with E-state index in [9.17, 15) is 0 Å². The molecule has 0 radical (unpaired) electrons. The first-order chi connectivity index (χ1) is 6.64. The highest BCUT2D eigenvalue weighted by atomic mass is 16.5. The van der Waals surface area contributed by atoms with Crippen LogP contribution in [0.2, 0.25) is 0 Å². The van der Waals surface area contributed by atoms with Crippen LogP contribution in [0.5, 0.6) is 0 Å². The first kappa shape index (κ1) is 11.5. The zero-order chi connectivity index (χ0) is 10.6. The predicted octanol–water partition coefficient (Wildman–Crippen LogP) is 2.60. The number of ether oxygens (including phenoxy) is 2. The molecule has 0 amide bonds. The van der Waals surface area contributed by atoms with Crippen LogP contribution >= 0.6 is 0 Å². The Morgan fingerprint density at radius 2 is 2.00 bits per heavy atom. The molecule has 3 nitrogen and oxygen atoms in total. The summed E-state index contributed by atoms with van der Waals surface area (Å²) >= 11 is 0. The molecule has 3 heteroatoms. The molecule has 1 rings (SSSR count). The summed E-state index contributed by atoms with van der Waals surface area (Å²) in [6, 6.07) is 0. The molecule has 82 valence electrons. The van der Waals surface area contributed by atoms with Crippen molar-refractivity contribution >= 4 is 5.90 Å². The summed E-state index contributed by atoms with van der Waals surface area (Å²) < 4.78 is 10.8. The molecule has 1 fully saturated rings. The number of hydrogen-bond donors (Lipinski definition) is 1. The maximum atomic E-state index is 7.85. The monoisotopic (exact) mass is 199 g/mol. The van der Waals surface area contributed by atoms with Gasteiger partial charge in [0.05, 0.1) is 6.61 Å². The molecule has 0 aromatic heterocycles. The van der Waals surface area contributed by atoms with E-state index >= 15 is 0 Å². The second-order valence-electron chi connectivity index (χ2n) is 4.14. The molecular weight excluding hydrogens is 178 g/mol. The van der Waals surface area contributed by atoms with Gasteiger partial charge in [-0.3, -0.25) is 5.41 Å². The molecule has 0 atom stereocenters. The third-order valence-corrected chi connectivity index (χ3v) is 3.18. The van der Waals surface area contributed by atoms with E-state index < -0.39 is 5.60 Å². The maximum absolute atomic E-state index is 7.85. The number of methoxy groups -OCH3 is 1. The summed E-state index contributed by atoms with van der Waals surface area (Å²) in [4.78, 5) is 0. The molecule has 0 saturated heterocycles. The van der Waals surface area contributed by atoms with Gasteiger partial charge in [0.2, 0.25) is 5.90 Å². The summed E-state index contributed by atoms with van der Waals surface area (Å²) in [7, 11) is 1.68. The molecule has 0 unspecified atom stereocenters. The molecule has 0 aromatic carbocycles. The summed E-state index contributed by atoms with van der Waals surface area (Å²) in [6.07, 6.45) is 4.10. The lowest BCUT2D eigenvalue weighted by molar-refractivity contribution is -0.0103. The summed E-state index contributed by atoms with van der Waals surface area (Å²) in [5.74, 6) is 1.07. The van der Waals surface area contributed by atoms with Crippen molar-refractivity contribution in [2.45, 2.75) is 45.1 Å². The van der Waals surface area contributed by atoms with Gasteiger partial charge in [-0.25, -0.2) is 0 Å². The van der Waals surface area contributed by atoms with Crippen molar-refractivity contribution < 1.29 is 9.47 Å². The van der Waals surface area contributed by atoms with Gasteiger partial charge in [0.15, 0.2) is 0 Å². The van der Waals surface area contributed by atoms with E-state index in [-0.39, 0.29) is 0 Å². The fourth-order valence-electron chi connectivity index (χ4n) is 2.03. The highest BCUT2D eigenvalue weighted by molar-refractivity contribution is 5.82. The van der Waals surface area contributed by atoms with Crippen LogP contribution in [-0.2, 0) is 9.47 Å². The molecule has 0 bridgehead atoms. The number of nitrogens with one attached hydrogen (secondary N) is 1. The van der Waals surface area contributed by atoms with Crippen molar-refractivity contribution in [3.63, 3.8) is 0 Å². The smallest absolute Gasteiger partial charge is 0.213 e. The average Bonchev–Trinajstić information content (AvgIpc) is 2.20. The van der Waals surface area contributed by atoms with Crippen molar-refractivity contribution in [3.8, 4) is 0 Å². The third-order valence-electron chi connectivity index (χ3n) is 3.18. The van der Waals surface area contributed by atoms with Crippen LogP contribution in [0.15, 0.2) is 0 Å². The van der Waals surface area contributed by atoms with Gasteiger partial charge in [-0.15, -0.1) is 0 Å². The highest BCUT2D eigenvalue weighted by Crippen LogP contribution is 2.35. The third kappa shape index (κ3) is 2.27. The van der Waals surface area contributed by atoms with Crippen LogP contribution in [0, 0.1) is 11.3 Å². The minimum absolute atomic E-state index is 0.314. The normalized spacial score (nSPS) is 32.6. The zero-order valence-corrected chi connectivity index (χ0v) is 9.43. The molecule has 1 aliphatic carbocycles. The van der Waals surface area contributed by atoms with Gasteiger partial charge < -0.3 is 9.47 Å². The van der Waals surface area contributed by atoms with Gasteiger partial charge in [0.1, 0.15) is 5.60 Å². The topological polar surface area (TPSA) is 42.3 Å².